The van der Waals surface area contributed by atoms with Gasteiger partial charge >= 0.3 is 30.3 Å². The third-order valence-electron chi connectivity index (χ3n) is 12.4. The van der Waals surface area contributed by atoms with Crippen molar-refractivity contribution < 1.29 is 91.8 Å². The summed E-state index contributed by atoms with van der Waals surface area (Å²) in [7, 11) is 1.31. The van der Waals surface area contributed by atoms with Crippen molar-refractivity contribution in [2.75, 3.05) is 26.7 Å². The number of nitrogens with zero attached hydrogens (tertiary/aromatic N) is 1. The fourth-order valence-corrected chi connectivity index (χ4v) is 9.19. The first kappa shape index (κ1) is 65.8. The second-order valence-corrected chi connectivity index (χ2v) is 26.0. The fraction of sp³-hybridized carbons (Fsp3) is 0.849. The highest BCUT2D eigenvalue weighted by atomic mass is 16.7. The number of alkyl carbamates (subject to hydrolysis) is 3. The number of carbonyl (C=O) groups is 6. The van der Waals surface area contributed by atoms with Crippen molar-refractivity contribution in [1.82, 2.24) is 31.5 Å². The van der Waals surface area contributed by atoms with E-state index in [1.165, 1.54) is 14.0 Å². The monoisotopic (exact) mass is 1120 g/mol. The second-order valence-electron chi connectivity index (χ2n) is 26.0. The number of carbonyl (C=O) groups excluding carboxylic acids is 6. The van der Waals surface area contributed by atoms with E-state index in [0.29, 0.717) is 25.1 Å². The van der Waals surface area contributed by atoms with Crippen molar-refractivity contribution >= 4 is 36.2 Å². The minimum absolute atomic E-state index is 0.0452. The standard InChI is InChI=1S/C53H92N6O19/c1-48(2,3)74-35(61)21-20-34(60)41(64)56-32-24-33(58-46(67)77-51(10,11)12)39(36(62)38(32)73-43-37(63)40(53(16,69)27-70-43)59(17)47(68)78-52(13,14)15)72-42-31(57-45(66)76-50(7,8)9)19-18-30(71-42)26-54-25-28-22-29(23-28)55-44(65)75-49(4,5)6/h18,28-29,31-34,36-40,42-43,54,60,62-63,69H,19-27H2,1-17H3,(H,55,65)(H,56,64)(H,57,66)(H,58,67)/t28-,29-,31-,32-,33+,34+,36-,37-,38+,39-,40-,42-,43-,53+/m1/s1. The van der Waals surface area contributed by atoms with E-state index < -0.39 is 144 Å². The van der Waals surface area contributed by atoms with E-state index >= 15 is 0 Å². The molecule has 0 spiro atoms. The molecule has 2 heterocycles. The van der Waals surface area contributed by atoms with E-state index in [-0.39, 0.29) is 44.2 Å². The minimum Gasteiger partial charge on any atom is -0.466 e. The van der Waals surface area contributed by atoms with Gasteiger partial charge in [-0.25, -0.2) is 19.2 Å². The molecule has 25 nitrogen and oxygen atoms in total. The third-order valence-corrected chi connectivity index (χ3v) is 12.4. The van der Waals surface area contributed by atoms with E-state index in [9.17, 15) is 49.2 Å². The Morgan fingerprint density at radius 1 is 0.679 bits per heavy atom. The van der Waals surface area contributed by atoms with Gasteiger partial charge in [0.15, 0.2) is 6.29 Å². The third kappa shape index (κ3) is 21.4. The van der Waals surface area contributed by atoms with Crippen LogP contribution in [0.5, 0.6) is 0 Å². The lowest BCUT2D eigenvalue weighted by Gasteiger charge is -2.50. The van der Waals surface area contributed by atoms with Gasteiger partial charge in [0.1, 0.15) is 69.9 Å². The Kier molecular flexibility index (Phi) is 22.1. The van der Waals surface area contributed by atoms with Gasteiger partial charge in [0.25, 0.3) is 0 Å². The van der Waals surface area contributed by atoms with Crippen molar-refractivity contribution in [3.05, 3.63) is 11.8 Å². The summed E-state index contributed by atoms with van der Waals surface area (Å²) in [5.74, 6) is -1.06. The Hall–Kier alpha value is -4.76. The lowest BCUT2D eigenvalue weighted by molar-refractivity contribution is -0.311. The van der Waals surface area contributed by atoms with Crippen LogP contribution >= 0.6 is 0 Å². The summed E-state index contributed by atoms with van der Waals surface area (Å²) in [6.07, 6.45) is -12.8. The number of aliphatic hydroxyl groups excluding tert-OH is 3. The zero-order valence-electron chi connectivity index (χ0n) is 48.8. The quantitative estimate of drug-likeness (QED) is 0.0743. The van der Waals surface area contributed by atoms with Gasteiger partial charge in [-0.05, 0) is 161 Å². The molecule has 25 heteroatoms. The van der Waals surface area contributed by atoms with Gasteiger partial charge in [-0.1, -0.05) is 0 Å². The maximum absolute atomic E-state index is 13.9. The molecule has 12 atom stereocenters. The van der Waals surface area contributed by atoms with E-state index in [1.807, 2.05) is 0 Å². The van der Waals surface area contributed by atoms with Gasteiger partial charge in [0, 0.05) is 19.5 Å². The first-order valence-corrected chi connectivity index (χ1v) is 26.8. The van der Waals surface area contributed by atoms with Crippen LogP contribution in [-0.2, 0) is 52.2 Å². The maximum Gasteiger partial charge on any atom is 0.410 e. The number of aliphatic hydroxyl groups is 4. The molecule has 0 unspecified atom stereocenters. The largest absolute Gasteiger partial charge is 0.466 e. The molecule has 0 bridgehead atoms. The summed E-state index contributed by atoms with van der Waals surface area (Å²) in [4.78, 5) is 80.2. The van der Waals surface area contributed by atoms with Crippen molar-refractivity contribution in [3.63, 3.8) is 0 Å². The van der Waals surface area contributed by atoms with E-state index in [2.05, 4.69) is 26.6 Å². The highest BCUT2D eigenvalue weighted by molar-refractivity contribution is 5.81. The SMILES string of the molecule is CN(C(=O)OC(C)(C)C)[C@@H]1[C@@H](O)[C@@H](O[C@@H]2[C@@H](O)[C@H](O[C@H]3OC(CNC[C@H]4C[C@H](NC(=O)OC(C)(C)C)C4)=CC[C@H]3NC(=O)OC(C)(C)C)[C@@H](NC(=O)OC(C)(C)C)C[C@H]2NC(=O)[C@@H](O)CCC(=O)OC(C)(C)C)OC[C@]1(C)O. The molecule has 4 aliphatic rings. The Labute approximate surface area is 459 Å². The number of nitrogens with one attached hydrogen (secondary N) is 5. The zero-order valence-corrected chi connectivity index (χ0v) is 48.8. The summed E-state index contributed by atoms with van der Waals surface area (Å²) >= 11 is 0. The molecule has 2 aliphatic heterocycles. The van der Waals surface area contributed by atoms with Gasteiger partial charge in [-0.2, -0.15) is 0 Å². The predicted octanol–water partition coefficient (Wildman–Crippen LogP) is 3.50. The topological polar surface area (TPSA) is 330 Å². The summed E-state index contributed by atoms with van der Waals surface area (Å²) in [6.45, 7) is 26.8. The fourth-order valence-electron chi connectivity index (χ4n) is 9.19. The van der Waals surface area contributed by atoms with Crippen LogP contribution in [0, 0.1) is 5.92 Å². The van der Waals surface area contributed by atoms with Crippen LogP contribution in [0.4, 0.5) is 19.2 Å². The molecule has 0 aromatic carbocycles. The molecular formula is C53H92N6O19. The van der Waals surface area contributed by atoms with Gasteiger partial charge < -0.3 is 94.5 Å². The predicted molar refractivity (Wildman–Crippen MR) is 280 cm³/mol. The Morgan fingerprint density at radius 2 is 1.17 bits per heavy atom. The number of hydrogen-bond donors (Lipinski definition) is 9. The summed E-state index contributed by atoms with van der Waals surface area (Å²) in [5.41, 5.74) is -6.23. The van der Waals surface area contributed by atoms with Crippen LogP contribution in [0.1, 0.15) is 149 Å². The first-order valence-electron chi connectivity index (χ1n) is 26.8. The van der Waals surface area contributed by atoms with Crippen molar-refractivity contribution in [3.8, 4) is 0 Å². The molecule has 9 N–H and O–H groups in total. The summed E-state index contributed by atoms with van der Waals surface area (Å²) in [5, 5.41) is 61.8. The second kappa shape index (κ2) is 26.2. The molecule has 0 aromatic heterocycles. The normalized spacial score (nSPS) is 30.1. The van der Waals surface area contributed by atoms with E-state index in [4.69, 9.17) is 42.6 Å². The minimum atomic E-state index is -1.91. The van der Waals surface area contributed by atoms with Crippen LogP contribution in [-0.4, -0.2) is 195 Å². The molecule has 1 saturated heterocycles. The lowest BCUT2D eigenvalue weighted by atomic mass is 9.80. The zero-order chi connectivity index (χ0) is 59.1. The Morgan fingerprint density at radius 3 is 1.69 bits per heavy atom. The average Bonchev–Trinajstić information content (AvgIpc) is 3.22. The number of hydrogen-bond acceptors (Lipinski definition) is 20. The van der Waals surface area contributed by atoms with Gasteiger partial charge in [-0.3, -0.25) is 9.59 Å². The van der Waals surface area contributed by atoms with E-state index in [1.54, 1.807) is 110 Å². The van der Waals surface area contributed by atoms with Crippen LogP contribution in [0.15, 0.2) is 11.8 Å². The number of ether oxygens (including phenoxy) is 9. The molecule has 78 heavy (non-hydrogen) atoms. The van der Waals surface area contributed by atoms with Gasteiger partial charge in [0.05, 0.1) is 37.3 Å². The first-order chi connectivity index (χ1) is 35.6. The average molecular weight is 1120 g/mol. The van der Waals surface area contributed by atoms with Gasteiger partial charge in [-0.15, -0.1) is 0 Å². The summed E-state index contributed by atoms with van der Waals surface area (Å²) < 4.78 is 52.9. The van der Waals surface area contributed by atoms with Crippen molar-refractivity contribution in [2.24, 2.45) is 5.92 Å². The van der Waals surface area contributed by atoms with Gasteiger partial charge in [0.2, 0.25) is 12.2 Å². The Bertz CT molecular complexity index is 2090. The van der Waals surface area contributed by atoms with Crippen LogP contribution in [0.3, 0.4) is 0 Å². The Balaban J connectivity index is 1.70. The number of amides is 5. The maximum atomic E-state index is 13.9. The van der Waals surface area contributed by atoms with Crippen LogP contribution in [0.25, 0.3) is 0 Å². The molecule has 0 aromatic rings. The molecule has 5 amide bonds. The number of likely N-dealkylation sites (N-methyl/N-ethyl adjacent to an activating group) is 1. The lowest BCUT2D eigenvalue weighted by Crippen LogP contribution is -2.71. The molecule has 2 aliphatic carbocycles. The van der Waals surface area contributed by atoms with E-state index in [0.717, 1.165) is 4.90 Å². The van der Waals surface area contributed by atoms with Crippen LogP contribution in [0.2, 0.25) is 0 Å². The number of rotatable bonds is 17. The van der Waals surface area contributed by atoms with Crippen LogP contribution < -0.4 is 26.6 Å². The highest BCUT2D eigenvalue weighted by Crippen LogP contribution is 2.35. The summed E-state index contributed by atoms with van der Waals surface area (Å²) in [6, 6.07) is -5.09. The molecule has 4 rings (SSSR count). The van der Waals surface area contributed by atoms with Crippen molar-refractivity contribution in [1.29, 1.82) is 0 Å². The molecule has 448 valence electrons. The highest BCUT2D eigenvalue weighted by Gasteiger charge is 2.55. The molecular weight excluding hydrogens is 1020 g/mol. The molecule has 3 fully saturated rings. The van der Waals surface area contributed by atoms with Crippen molar-refractivity contribution in [2.45, 2.75) is 256 Å². The smallest absolute Gasteiger partial charge is 0.410 e. The number of esters is 1. The molecule has 2 saturated carbocycles. The molecule has 0 radical (unpaired) electrons.